The van der Waals surface area contributed by atoms with Gasteiger partial charge in [0.15, 0.2) is 0 Å². The van der Waals surface area contributed by atoms with Gasteiger partial charge in [0, 0.05) is 30.8 Å². The summed E-state index contributed by atoms with van der Waals surface area (Å²) in [4.78, 5) is 11.6. The molecule has 1 aromatic heterocycles. The van der Waals surface area contributed by atoms with Crippen LogP contribution in [0.4, 0.5) is 0 Å². The second-order valence-electron chi connectivity index (χ2n) is 4.08. The van der Waals surface area contributed by atoms with Gasteiger partial charge in [-0.15, -0.1) is 0 Å². The third-order valence-corrected chi connectivity index (χ3v) is 2.84. The Morgan fingerprint density at radius 2 is 2.38 bits per heavy atom. The van der Waals surface area contributed by atoms with E-state index in [4.69, 9.17) is 5.73 Å². The molecule has 1 aromatic rings. The average molecular weight is 224 g/mol. The zero-order valence-electron chi connectivity index (χ0n) is 10.2. The Morgan fingerprint density at radius 1 is 1.69 bits per heavy atom. The van der Waals surface area contributed by atoms with E-state index < -0.39 is 0 Å². The highest BCUT2D eigenvalue weighted by atomic mass is 16.1. The number of carbonyl (C=O) groups excluding carboxylic acids is 1. The molecule has 0 aliphatic heterocycles. The maximum Gasteiger partial charge on any atom is 0.223 e. The van der Waals surface area contributed by atoms with Gasteiger partial charge in [-0.1, -0.05) is 6.92 Å². The molecule has 1 atom stereocenters. The molecule has 0 fully saturated rings. The van der Waals surface area contributed by atoms with Crippen molar-refractivity contribution in [2.45, 2.75) is 26.8 Å². The molecule has 1 rings (SSSR count). The van der Waals surface area contributed by atoms with Crippen molar-refractivity contribution in [3.63, 3.8) is 0 Å². The highest BCUT2D eigenvalue weighted by Crippen LogP contribution is 2.06. The lowest BCUT2D eigenvalue weighted by Crippen LogP contribution is -2.30. The van der Waals surface area contributed by atoms with Gasteiger partial charge in [-0.2, -0.15) is 5.10 Å². The number of hydrogen-bond acceptors (Lipinski definition) is 3. The Bertz CT molecular complexity index is 359. The van der Waals surface area contributed by atoms with Crippen LogP contribution in [-0.2, 0) is 18.4 Å². The van der Waals surface area contributed by atoms with E-state index in [2.05, 4.69) is 10.4 Å². The Balaban J connectivity index is 2.46. The van der Waals surface area contributed by atoms with Gasteiger partial charge in [-0.3, -0.25) is 9.48 Å². The third kappa shape index (κ3) is 3.06. The van der Waals surface area contributed by atoms with Crippen LogP contribution in [0, 0.1) is 12.8 Å². The second-order valence-corrected chi connectivity index (χ2v) is 4.08. The lowest BCUT2D eigenvalue weighted by Gasteiger charge is -2.10. The molecule has 0 aromatic carbocycles. The molecule has 0 bridgehead atoms. The Morgan fingerprint density at radius 3 is 2.88 bits per heavy atom. The lowest BCUT2D eigenvalue weighted by atomic mass is 10.1. The zero-order valence-corrected chi connectivity index (χ0v) is 10.2. The van der Waals surface area contributed by atoms with Crippen molar-refractivity contribution in [1.29, 1.82) is 0 Å². The topological polar surface area (TPSA) is 72.9 Å². The summed E-state index contributed by atoms with van der Waals surface area (Å²) in [6, 6.07) is 0. The molecule has 5 heteroatoms. The van der Waals surface area contributed by atoms with Crippen LogP contribution in [0.2, 0.25) is 0 Å². The molecule has 0 radical (unpaired) electrons. The zero-order chi connectivity index (χ0) is 12.1. The predicted octanol–water partition coefficient (Wildman–Crippen LogP) is 0.330. The predicted molar refractivity (Wildman–Crippen MR) is 62.6 cm³/mol. The molecule has 16 heavy (non-hydrogen) atoms. The fraction of sp³-hybridized carbons (Fsp3) is 0.636. The van der Waals surface area contributed by atoms with E-state index in [1.165, 1.54) is 0 Å². The van der Waals surface area contributed by atoms with E-state index in [1.54, 1.807) is 10.9 Å². The quantitative estimate of drug-likeness (QED) is 0.757. The molecule has 0 aliphatic carbocycles. The van der Waals surface area contributed by atoms with Crippen molar-refractivity contribution in [3.05, 3.63) is 17.5 Å². The summed E-state index contributed by atoms with van der Waals surface area (Å²) in [5.74, 6) is 0.0238. The number of rotatable bonds is 5. The van der Waals surface area contributed by atoms with Crippen molar-refractivity contribution >= 4 is 5.91 Å². The Hall–Kier alpha value is -1.36. The number of nitrogens with one attached hydrogen (secondary N) is 1. The fourth-order valence-electron chi connectivity index (χ4n) is 1.46. The first kappa shape index (κ1) is 12.7. The first-order valence-electron chi connectivity index (χ1n) is 5.51. The van der Waals surface area contributed by atoms with Gasteiger partial charge in [0.25, 0.3) is 0 Å². The number of nitrogens with two attached hydrogens (primary N) is 1. The number of amides is 1. The van der Waals surface area contributed by atoms with Crippen LogP contribution in [0.5, 0.6) is 0 Å². The summed E-state index contributed by atoms with van der Waals surface area (Å²) in [6.45, 7) is 4.95. The van der Waals surface area contributed by atoms with Crippen LogP contribution in [0.3, 0.4) is 0 Å². The minimum Gasteiger partial charge on any atom is -0.352 e. The average Bonchev–Trinajstić information content (AvgIpc) is 2.57. The van der Waals surface area contributed by atoms with Crippen LogP contribution < -0.4 is 11.1 Å². The summed E-state index contributed by atoms with van der Waals surface area (Å²) in [5, 5.41) is 7.01. The van der Waals surface area contributed by atoms with E-state index in [1.807, 2.05) is 20.9 Å². The van der Waals surface area contributed by atoms with Gasteiger partial charge in [-0.25, -0.2) is 0 Å². The molecule has 90 valence electrons. The minimum atomic E-state index is -0.0259. The molecule has 1 amide bonds. The van der Waals surface area contributed by atoms with E-state index in [0.717, 1.165) is 17.7 Å². The first-order valence-corrected chi connectivity index (χ1v) is 5.51. The lowest BCUT2D eigenvalue weighted by molar-refractivity contribution is -0.124. The van der Waals surface area contributed by atoms with Crippen LogP contribution in [0.15, 0.2) is 6.20 Å². The smallest absolute Gasteiger partial charge is 0.223 e. The van der Waals surface area contributed by atoms with E-state index in [-0.39, 0.29) is 11.8 Å². The van der Waals surface area contributed by atoms with Crippen molar-refractivity contribution in [2.24, 2.45) is 18.7 Å². The summed E-state index contributed by atoms with van der Waals surface area (Å²) >= 11 is 0. The van der Waals surface area contributed by atoms with Gasteiger partial charge in [0.2, 0.25) is 5.91 Å². The highest BCUT2D eigenvalue weighted by Gasteiger charge is 2.12. The van der Waals surface area contributed by atoms with Gasteiger partial charge in [0.1, 0.15) is 0 Å². The Kier molecular flexibility index (Phi) is 4.49. The molecular weight excluding hydrogens is 204 g/mol. The van der Waals surface area contributed by atoms with Gasteiger partial charge in [0.05, 0.1) is 6.20 Å². The first-order chi connectivity index (χ1) is 7.56. The second kappa shape index (κ2) is 5.65. The molecule has 5 nitrogen and oxygen atoms in total. The molecule has 0 saturated heterocycles. The Labute approximate surface area is 96.0 Å². The largest absolute Gasteiger partial charge is 0.352 e. The molecule has 0 saturated carbocycles. The molecule has 3 N–H and O–H groups in total. The van der Waals surface area contributed by atoms with Gasteiger partial charge >= 0.3 is 0 Å². The van der Waals surface area contributed by atoms with E-state index in [0.29, 0.717) is 13.1 Å². The maximum absolute atomic E-state index is 11.6. The number of hydrogen-bond donors (Lipinski definition) is 2. The summed E-state index contributed by atoms with van der Waals surface area (Å²) in [7, 11) is 1.89. The minimum absolute atomic E-state index is 0.0259. The molecule has 1 unspecified atom stereocenters. The number of aromatic nitrogens is 2. The highest BCUT2D eigenvalue weighted by molar-refractivity contribution is 5.78. The molecule has 0 spiro atoms. The summed E-state index contributed by atoms with van der Waals surface area (Å²) in [6.07, 6.45) is 2.50. The van der Waals surface area contributed by atoms with Crippen molar-refractivity contribution < 1.29 is 4.79 Å². The fourth-order valence-corrected chi connectivity index (χ4v) is 1.46. The van der Waals surface area contributed by atoms with Crippen LogP contribution in [0.1, 0.15) is 24.6 Å². The van der Waals surface area contributed by atoms with Crippen molar-refractivity contribution in [2.75, 3.05) is 6.54 Å². The van der Waals surface area contributed by atoms with E-state index >= 15 is 0 Å². The number of carbonyl (C=O) groups is 1. The maximum atomic E-state index is 11.6. The van der Waals surface area contributed by atoms with Crippen LogP contribution in [-0.4, -0.2) is 22.2 Å². The van der Waals surface area contributed by atoms with Crippen molar-refractivity contribution in [3.8, 4) is 0 Å². The van der Waals surface area contributed by atoms with Gasteiger partial charge < -0.3 is 11.1 Å². The number of aryl methyl sites for hydroxylation is 1. The van der Waals surface area contributed by atoms with Crippen molar-refractivity contribution in [1.82, 2.24) is 15.1 Å². The van der Waals surface area contributed by atoms with Gasteiger partial charge in [-0.05, 0) is 19.9 Å². The molecule has 1 heterocycles. The summed E-state index contributed by atoms with van der Waals surface area (Å²) < 4.78 is 1.80. The standard InChI is InChI=1S/C11H20N4O/c1-8(4-5-12)11(16)13-6-10-7-14-15(3)9(10)2/h7-8H,4-6,12H2,1-3H3,(H,13,16). The van der Waals surface area contributed by atoms with E-state index in [9.17, 15) is 4.79 Å². The monoisotopic (exact) mass is 224 g/mol. The normalized spacial score (nSPS) is 12.5. The van der Waals surface area contributed by atoms with Crippen LogP contribution >= 0.6 is 0 Å². The number of nitrogens with zero attached hydrogens (tertiary/aromatic N) is 2. The SMILES string of the molecule is Cc1c(CNC(=O)C(C)CCN)cnn1C. The molecule has 0 aliphatic rings. The molecular formula is C11H20N4O. The van der Waals surface area contributed by atoms with Crippen LogP contribution in [0.25, 0.3) is 0 Å². The third-order valence-electron chi connectivity index (χ3n) is 2.84. The summed E-state index contributed by atoms with van der Waals surface area (Å²) in [5.41, 5.74) is 7.54.